The van der Waals surface area contributed by atoms with Crippen LogP contribution in [0, 0.1) is 17.0 Å². The molecule has 1 aromatic carbocycles. The number of nitro benzene ring substituents is 1. The molecule has 0 bridgehead atoms. The molecular weight excluding hydrogens is 306 g/mol. The van der Waals surface area contributed by atoms with Crippen LogP contribution in [-0.4, -0.2) is 41.0 Å². The van der Waals surface area contributed by atoms with E-state index >= 15 is 0 Å². The Kier molecular flexibility index (Phi) is 5.25. The third-order valence-electron chi connectivity index (χ3n) is 4.62. The summed E-state index contributed by atoms with van der Waals surface area (Å²) >= 11 is 0. The standard InChI is InChI=1S/C18H23N3O3/c1-14-16(21(22)23)7-6-15-17(8-9-19-18(14)15)24-13-5-12-20-10-3-2-4-11-20/h6-9H,2-5,10-13H2,1H3. The third-order valence-corrected chi connectivity index (χ3v) is 4.62. The second kappa shape index (κ2) is 7.57. The molecule has 2 heterocycles. The first kappa shape index (κ1) is 16.6. The van der Waals surface area contributed by atoms with Gasteiger partial charge in [-0.05, 0) is 51.4 Å². The Bertz CT molecular complexity index is 727. The van der Waals surface area contributed by atoms with Crippen molar-refractivity contribution in [3.05, 3.63) is 40.1 Å². The molecule has 1 aliphatic heterocycles. The molecule has 0 aliphatic carbocycles. The van der Waals surface area contributed by atoms with Crippen molar-refractivity contribution in [3.8, 4) is 5.75 Å². The van der Waals surface area contributed by atoms with Crippen molar-refractivity contribution in [3.63, 3.8) is 0 Å². The maximum Gasteiger partial charge on any atom is 0.274 e. The van der Waals surface area contributed by atoms with Crippen LogP contribution in [0.3, 0.4) is 0 Å². The number of hydrogen-bond donors (Lipinski definition) is 0. The Morgan fingerprint density at radius 2 is 2.04 bits per heavy atom. The molecule has 3 rings (SSSR count). The fourth-order valence-electron chi connectivity index (χ4n) is 3.30. The molecule has 6 nitrogen and oxygen atoms in total. The van der Waals surface area contributed by atoms with Crippen LogP contribution in [0.4, 0.5) is 5.69 Å². The van der Waals surface area contributed by atoms with E-state index in [2.05, 4.69) is 9.88 Å². The number of benzene rings is 1. The van der Waals surface area contributed by atoms with Gasteiger partial charge in [0.25, 0.3) is 5.69 Å². The summed E-state index contributed by atoms with van der Waals surface area (Å²) in [5.41, 5.74) is 1.31. The minimum absolute atomic E-state index is 0.0947. The number of aromatic nitrogens is 1. The average Bonchev–Trinajstić information content (AvgIpc) is 2.60. The topological polar surface area (TPSA) is 68.5 Å². The number of pyridine rings is 1. The van der Waals surface area contributed by atoms with E-state index in [4.69, 9.17) is 4.74 Å². The Hall–Kier alpha value is -2.21. The second-order valence-electron chi connectivity index (χ2n) is 6.28. The Morgan fingerprint density at radius 1 is 1.25 bits per heavy atom. The summed E-state index contributed by atoms with van der Waals surface area (Å²) < 4.78 is 5.93. The van der Waals surface area contributed by atoms with Crippen LogP contribution in [0.2, 0.25) is 0 Å². The van der Waals surface area contributed by atoms with Crippen molar-refractivity contribution in [1.82, 2.24) is 9.88 Å². The average molecular weight is 329 g/mol. The summed E-state index contributed by atoms with van der Waals surface area (Å²) in [4.78, 5) is 17.5. The molecule has 0 N–H and O–H groups in total. The SMILES string of the molecule is Cc1c([N+](=O)[O-])ccc2c(OCCCN3CCCCC3)ccnc12. The highest BCUT2D eigenvalue weighted by Crippen LogP contribution is 2.31. The molecule has 24 heavy (non-hydrogen) atoms. The quantitative estimate of drug-likeness (QED) is 0.459. The Balaban J connectivity index is 1.66. The van der Waals surface area contributed by atoms with Crippen molar-refractivity contribution in [2.45, 2.75) is 32.6 Å². The number of hydrogen-bond acceptors (Lipinski definition) is 5. The van der Waals surface area contributed by atoms with Gasteiger partial charge in [0.15, 0.2) is 0 Å². The van der Waals surface area contributed by atoms with Gasteiger partial charge in [0.05, 0.1) is 22.6 Å². The van der Waals surface area contributed by atoms with Crippen molar-refractivity contribution >= 4 is 16.6 Å². The largest absolute Gasteiger partial charge is 0.493 e. The van der Waals surface area contributed by atoms with E-state index in [1.54, 1.807) is 19.2 Å². The maximum absolute atomic E-state index is 11.1. The summed E-state index contributed by atoms with van der Waals surface area (Å²) in [5.74, 6) is 0.747. The van der Waals surface area contributed by atoms with Crippen molar-refractivity contribution in [2.24, 2.45) is 0 Å². The molecule has 6 heteroatoms. The normalized spacial score (nSPS) is 15.5. The van der Waals surface area contributed by atoms with Gasteiger partial charge >= 0.3 is 0 Å². The molecule has 1 aromatic heterocycles. The molecule has 0 spiro atoms. The number of likely N-dealkylation sites (tertiary alicyclic amines) is 1. The maximum atomic E-state index is 11.1. The molecule has 0 radical (unpaired) electrons. The molecule has 0 unspecified atom stereocenters. The fourth-order valence-corrected chi connectivity index (χ4v) is 3.30. The number of nitro groups is 1. The monoisotopic (exact) mass is 329 g/mol. The number of piperidine rings is 1. The molecule has 1 fully saturated rings. The van der Waals surface area contributed by atoms with Crippen LogP contribution in [0.5, 0.6) is 5.75 Å². The summed E-state index contributed by atoms with van der Waals surface area (Å²) in [5, 5.41) is 11.9. The van der Waals surface area contributed by atoms with Crippen molar-refractivity contribution < 1.29 is 9.66 Å². The number of aryl methyl sites for hydroxylation is 1. The van der Waals surface area contributed by atoms with E-state index in [1.807, 2.05) is 6.07 Å². The van der Waals surface area contributed by atoms with Gasteiger partial charge in [-0.3, -0.25) is 15.1 Å². The van der Waals surface area contributed by atoms with Crippen LogP contribution in [0.1, 0.15) is 31.2 Å². The van der Waals surface area contributed by atoms with E-state index in [1.165, 1.54) is 38.4 Å². The highest BCUT2D eigenvalue weighted by molar-refractivity contribution is 5.89. The highest BCUT2D eigenvalue weighted by Gasteiger charge is 2.16. The Morgan fingerprint density at radius 3 is 2.79 bits per heavy atom. The third kappa shape index (κ3) is 3.64. The molecule has 0 saturated carbocycles. The zero-order valence-corrected chi connectivity index (χ0v) is 14.0. The van der Waals surface area contributed by atoms with Gasteiger partial charge in [0, 0.05) is 24.2 Å². The lowest BCUT2D eigenvalue weighted by molar-refractivity contribution is -0.385. The van der Waals surface area contributed by atoms with Gasteiger partial charge in [0.1, 0.15) is 5.75 Å². The zero-order chi connectivity index (χ0) is 16.9. The van der Waals surface area contributed by atoms with Crippen LogP contribution in [0.25, 0.3) is 10.9 Å². The predicted octanol–water partition coefficient (Wildman–Crippen LogP) is 3.71. The molecule has 128 valence electrons. The van der Waals surface area contributed by atoms with Crippen LogP contribution >= 0.6 is 0 Å². The van der Waals surface area contributed by atoms with Gasteiger partial charge in [-0.25, -0.2) is 0 Å². The summed E-state index contributed by atoms with van der Waals surface area (Å²) in [6, 6.07) is 5.09. The molecule has 1 saturated heterocycles. The van der Waals surface area contributed by atoms with E-state index in [0.29, 0.717) is 17.7 Å². The summed E-state index contributed by atoms with van der Waals surface area (Å²) in [7, 11) is 0. The lowest BCUT2D eigenvalue weighted by atomic mass is 10.1. The van der Waals surface area contributed by atoms with Gasteiger partial charge in [0.2, 0.25) is 0 Å². The van der Waals surface area contributed by atoms with Gasteiger partial charge in [-0.1, -0.05) is 6.42 Å². The predicted molar refractivity (Wildman–Crippen MR) is 93.5 cm³/mol. The first-order valence-corrected chi connectivity index (χ1v) is 8.54. The lowest BCUT2D eigenvalue weighted by Crippen LogP contribution is -2.31. The summed E-state index contributed by atoms with van der Waals surface area (Å²) in [6.07, 6.45) is 6.58. The lowest BCUT2D eigenvalue weighted by Gasteiger charge is -2.26. The highest BCUT2D eigenvalue weighted by atomic mass is 16.6. The van der Waals surface area contributed by atoms with Gasteiger partial charge < -0.3 is 9.64 Å². The van der Waals surface area contributed by atoms with E-state index in [9.17, 15) is 10.1 Å². The minimum atomic E-state index is -0.372. The number of ether oxygens (including phenoxy) is 1. The number of fused-ring (bicyclic) bond motifs is 1. The molecule has 0 amide bonds. The number of nitrogens with zero attached hydrogens (tertiary/aromatic N) is 3. The van der Waals surface area contributed by atoms with Gasteiger partial charge in [-0.2, -0.15) is 0 Å². The first-order valence-electron chi connectivity index (χ1n) is 8.54. The number of rotatable bonds is 6. The van der Waals surface area contributed by atoms with E-state index < -0.39 is 0 Å². The Labute approximate surface area is 141 Å². The minimum Gasteiger partial charge on any atom is -0.493 e. The second-order valence-corrected chi connectivity index (χ2v) is 6.28. The molecular formula is C18H23N3O3. The molecule has 2 aromatic rings. The first-order chi connectivity index (χ1) is 11.7. The van der Waals surface area contributed by atoms with E-state index in [-0.39, 0.29) is 10.6 Å². The summed E-state index contributed by atoms with van der Waals surface area (Å²) in [6.45, 7) is 5.83. The van der Waals surface area contributed by atoms with E-state index in [0.717, 1.165) is 24.1 Å². The fraction of sp³-hybridized carbons (Fsp3) is 0.500. The van der Waals surface area contributed by atoms with Crippen LogP contribution < -0.4 is 4.74 Å². The van der Waals surface area contributed by atoms with Crippen molar-refractivity contribution in [1.29, 1.82) is 0 Å². The molecule has 0 atom stereocenters. The van der Waals surface area contributed by atoms with Crippen molar-refractivity contribution in [2.75, 3.05) is 26.2 Å². The van der Waals surface area contributed by atoms with Gasteiger partial charge in [-0.15, -0.1) is 0 Å². The molecule has 1 aliphatic rings. The zero-order valence-electron chi connectivity index (χ0n) is 14.0. The van der Waals surface area contributed by atoms with Crippen LogP contribution in [-0.2, 0) is 0 Å². The smallest absolute Gasteiger partial charge is 0.274 e. The van der Waals surface area contributed by atoms with Crippen LogP contribution in [0.15, 0.2) is 24.4 Å².